The van der Waals surface area contributed by atoms with Crippen LogP contribution >= 0.6 is 0 Å². The van der Waals surface area contributed by atoms with Gasteiger partial charge in [-0.25, -0.2) is 4.79 Å². The summed E-state index contributed by atoms with van der Waals surface area (Å²) < 4.78 is 5.32. The highest BCUT2D eigenvalue weighted by Crippen LogP contribution is 2.56. The molecule has 0 bridgehead atoms. The largest absolute Gasteiger partial charge is 0.464 e. The SMILES string of the molecule is CCOC(=O)[C@]1(C#N)C(N)=C(C#N)C2=C(C[C@@H](CC)CC2)[C@@H]1c1ccccc1. The molecular formula is C23H25N3O2. The number of nitrogens with two attached hydrogens (primary N) is 1. The van der Waals surface area contributed by atoms with Crippen molar-refractivity contribution in [2.45, 2.75) is 45.4 Å². The van der Waals surface area contributed by atoms with Crippen molar-refractivity contribution in [2.75, 3.05) is 6.61 Å². The predicted molar refractivity (Wildman–Crippen MR) is 105 cm³/mol. The smallest absolute Gasteiger partial charge is 0.333 e. The zero-order valence-electron chi connectivity index (χ0n) is 16.4. The zero-order valence-corrected chi connectivity index (χ0v) is 16.4. The third-order valence-electron chi connectivity index (χ3n) is 6.07. The topological polar surface area (TPSA) is 99.9 Å². The van der Waals surface area contributed by atoms with Gasteiger partial charge < -0.3 is 10.5 Å². The molecule has 0 amide bonds. The Kier molecular flexibility index (Phi) is 5.56. The number of nitriles is 2. The van der Waals surface area contributed by atoms with Crippen LogP contribution in [-0.4, -0.2) is 12.6 Å². The summed E-state index contributed by atoms with van der Waals surface area (Å²) in [4.78, 5) is 13.1. The number of nitrogens with zero attached hydrogens (tertiary/aromatic N) is 2. The second kappa shape index (κ2) is 7.90. The van der Waals surface area contributed by atoms with E-state index >= 15 is 0 Å². The first kappa shape index (κ1) is 19.7. The monoisotopic (exact) mass is 375 g/mol. The number of benzene rings is 1. The van der Waals surface area contributed by atoms with E-state index in [0.717, 1.165) is 42.4 Å². The summed E-state index contributed by atoms with van der Waals surface area (Å²) in [6.07, 6.45) is 3.49. The van der Waals surface area contributed by atoms with Gasteiger partial charge in [0, 0.05) is 5.92 Å². The number of carbonyl (C=O) groups is 1. The lowest BCUT2D eigenvalue weighted by atomic mass is 9.58. The van der Waals surface area contributed by atoms with Gasteiger partial charge in [0.05, 0.1) is 23.9 Å². The molecule has 0 spiro atoms. The van der Waals surface area contributed by atoms with Crippen LogP contribution in [0.5, 0.6) is 0 Å². The molecule has 5 heteroatoms. The summed E-state index contributed by atoms with van der Waals surface area (Å²) in [6.45, 7) is 3.99. The summed E-state index contributed by atoms with van der Waals surface area (Å²) in [6, 6.07) is 13.9. The molecule has 0 aromatic heterocycles. The number of esters is 1. The van der Waals surface area contributed by atoms with Crippen molar-refractivity contribution in [3.05, 3.63) is 58.3 Å². The first-order chi connectivity index (χ1) is 13.5. The molecule has 144 valence electrons. The summed E-state index contributed by atoms with van der Waals surface area (Å²) in [5.74, 6) is -0.760. The molecule has 28 heavy (non-hydrogen) atoms. The highest BCUT2D eigenvalue weighted by Gasteiger charge is 2.57. The van der Waals surface area contributed by atoms with Gasteiger partial charge in [0.25, 0.3) is 0 Å². The van der Waals surface area contributed by atoms with Crippen molar-refractivity contribution in [1.82, 2.24) is 0 Å². The summed E-state index contributed by atoms with van der Waals surface area (Å²) >= 11 is 0. The van der Waals surface area contributed by atoms with Crippen LogP contribution in [0.3, 0.4) is 0 Å². The van der Waals surface area contributed by atoms with Crippen molar-refractivity contribution < 1.29 is 9.53 Å². The van der Waals surface area contributed by atoms with Gasteiger partial charge in [0.15, 0.2) is 0 Å². The molecule has 0 radical (unpaired) electrons. The maximum atomic E-state index is 13.1. The second-order valence-corrected chi connectivity index (χ2v) is 7.41. The molecule has 2 aliphatic rings. The van der Waals surface area contributed by atoms with Crippen LogP contribution in [0.4, 0.5) is 0 Å². The highest BCUT2D eigenvalue weighted by atomic mass is 16.5. The first-order valence-electron chi connectivity index (χ1n) is 9.81. The molecule has 0 saturated heterocycles. The zero-order chi connectivity index (χ0) is 20.3. The van der Waals surface area contributed by atoms with Crippen LogP contribution in [0.1, 0.15) is 51.0 Å². The van der Waals surface area contributed by atoms with Gasteiger partial charge in [-0.2, -0.15) is 10.5 Å². The van der Waals surface area contributed by atoms with E-state index in [9.17, 15) is 15.3 Å². The standard InChI is InChI=1S/C23H25N3O2/c1-3-15-10-11-17-18(12-15)20(16-8-6-5-7-9-16)23(14-25,22(27)28-4-2)21(26)19(17)13-24/h5-9,15,20H,3-4,10-12,26H2,1-2H3/t15-,20-,23-/m0/s1. The Morgan fingerprint density at radius 1 is 1.29 bits per heavy atom. The third kappa shape index (κ3) is 2.88. The molecule has 0 unspecified atom stereocenters. The van der Waals surface area contributed by atoms with E-state index in [-0.39, 0.29) is 17.9 Å². The molecule has 0 fully saturated rings. The Balaban J connectivity index is 2.33. The van der Waals surface area contributed by atoms with E-state index in [0.29, 0.717) is 5.92 Å². The second-order valence-electron chi connectivity index (χ2n) is 7.41. The quantitative estimate of drug-likeness (QED) is 0.799. The molecule has 1 aromatic rings. The van der Waals surface area contributed by atoms with Crippen molar-refractivity contribution in [3.63, 3.8) is 0 Å². The maximum Gasteiger partial charge on any atom is 0.333 e. The average Bonchev–Trinajstić information content (AvgIpc) is 2.73. The van der Waals surface area contributed by atoms with Crippen LogP contribution in [0.2, 0.25) is 0 Å². The average molecular weight is 375 g/mol. The van der Waals surface area contributed by atoms with Crippen LogP contribution in [0.25, 0.3) is 0 Å². The Labute approximate surface area is 166 Å². The van der Waals surface area contributed by atoms with Gasteiger partial charge in [0.1, 0.15) is 6.07 Å². The predicted octanol–water partition coefficient (Wildman–Crippen LogP) is 4.10. The van der Waals surface area contributed by atoms with Crippen LogP contribution < -0.4 is 5.73 Å². The van der Waals surface area contributed by atoms with Crippen LogP contribution in [0, 0.1) is 34.0 Å². The molecule has 0 aliphatic heterocycles. The van der Waals surface area contributed by atoms with Gasteiger partial charge in [-0.05, 0) is 43.2 Å². The summed E-state index contributed by atoms with van der Waals surface area (Å²) in [7, 11) is 0. The van der Waals surface area contributed by atoms with Gasteiger partial charge in [-0.15, -0.1) is 0 Å². The van der Waals surface area contributed by atoms with Gasteiger partial charge in [0.2, 0.25) is 5.41 Å². The molecule has 2 N–H and O–H groups in total. The van der Waals surface area contributed by atoms with E-state index in [2.05, 4.69) is 19.1 Å². The number of hydrogen-bond acceptors (Lipinski definition) is 5. The Hall–Kier alpha value is -3.05. The molecule has 1 aromatic carbocycles. The van der Waals surface area contributed by atoms with E-state index in [1.807, 2.05) is 30.3 Å². The molecule has 0 saturated carbocycles. The Morgan fingerprint density at radius 2 is 2.00 bits per heavy atom. The fourth-order valence-corrected chi connectivity index (χ4v) is 4.62. The Bertz CT molecular complexity index is 917. The van der Waals surface area contributed by atoms with Gasteiger partial charge in [-0.1, -0.05) is 49.2 Å². The molecule has 3 rings (SSSR count). The number of rotatable bonds is 4. The Morgan fingerprint density at radius 3 is 2.57 bits per heavy atom. The molecule has 2 aliphatic carbocycles. The maximum absolute atomic E-state index is 13.1. The van der Waals surface area contributed by atoms with Gasteiger partial charge >= 0.3 is 5.97 Å². The number of allylic oxidation sites excluding steroid dienone is 3. The highest BCUT2D eigenvalue weighted by molar-refractivity contribution is 5.88. The van der Waals surface area contributed by atoms with E-state index in [4.69, 9.17) is 10.5 Å². The lowest BCUT2D eigenvalue weighted by molar-refractivity contribution is -0.151. The minimum Gasteiger partial charge on any atom is -0.464 e. The lowest BCUT2D eigenvalue weighted by Crippen LogP contribution is -2.46. The normalized spacial score (nSPS) is 26.9. The fourth-order valence-electron chi connectivity index (χ4n) is 4.62. The van der Waals surface area contributed by atoms with Crippen molar-refractivity contribution in [1.29, 1.82) is 10.5 Å². The van der Waals surface area contributed by atoms with Crippen LogP contribution in [-0.2, 0) is 9.53 Å². The summed E-state index contributed by atoms with van der Waals surface area (Å²) in [5.41, 5.74) is 7.75. The lowest BCUT2D eigenvalue weighted by Gasteiger charge is -2.43. The number of ether oxygens (including phenoxy) is 1. The van der Waals surface area contributed by atoms with Crippen molar-refractivity contribution >= 4 is 5.97 Å². The molecular weight excluding hydrogens is 350 g/mol. The molecule has 3 atom stereocenters. The van der Waals surface area contributed by atoms with E-state index < -0.39 is 17.3 Å². The summed E-state index contributed by atoms with van der Waals surface area (Å²) in [5, 5.41) is 20.1. The minimum atomic E-state index is -1.73. The van der Waals surface area contributed by atoms with Crippen molar-refractivity contribution in [3.8, 4) is 12.1 Å². The van der Waals surface area contributed by atoms with E-state index in [1.54, 1.807) is 6.92 Å². The molecule has 0 heterocycles. The van der Waals surface area contributed by atoms with E-state index in [1.165, 1.54) is 0 Å². The first-order valence-corrected chi connectivity index (χ1v) is 9.81. The number of carbonyl (C=O) groups excluding carboxylic acids is 1. The van der Waals surface area contributed by atoms with Crippen molar-refractivity contribution in [2.24, 2.45) is 17.1 Å². The number of hydrogen-bond donors (Lipinski definition) is 1. The minimum absolute atomic E-state index is 0.0264. The van der Waals surface area contributed by atoms with Crippen LogP contribution in [0.15, 0.2) is 52.7 Å². The molecule has 5 nitrogen and oxygen atoms in total. The van der Waals surface area contributed by atoms with Gasteiger partial charge in [-0.3, -0.25) is 0 Å². The third-order valence-corrected chi connectivity index (χ3v) is 6.07. The fraction of sp³-hybridized carbons (Fsp3) is 0.435.